The molecular weight excluding hydrogens is 240 g/mol. The summed E-state index contributed by atoms with van der Waals surface area (Å²) in [5, 5.41) is 2.44. The normalized spacial score (nSPS) is 21.4. The van der Waals surface area contributed by atoms with Crippen LogP contribution in [-0.4, -0.2) is 30.8 Å². The van der Waals surface area contributed by atoms with Gasteiger partial charge in [-0.25, -0.2) is 9.78 Å². The van der Waals surface area contributed by atoms with E-state index in [-0.39, 0.29) is 12.0 Å². The number of nitrogens with two attached hydrogens (primary N) is 1. The highest BCUT2D eigenvalue weighted by atomic mass is 32.1. The summed E-state index contributed by atoms with van der Waals surface area (Å²) in [6.45, 7) is 3.68. The second-order valence-electron chi connectivity index (χ2n) is 4.19. The van der Waals surface area contributed by atoms with E-state index in [1.807, 2.05) is 6.92 Å². The average molecular weight is 256 g/mol. The summed E-state index contributed by atoms with van der Waals surface area (Å²) < 4.78 is 10.4. The van der Waals surface area contributed by atoms with Gasteiger partial charge in [-0.1, -0.05) is 0 Å². The van der Waals surface area contributed by atoms with Crippen LogP contribution >= 0.6 is 11.3 Å². The molecule has 0 aliphatic carbocycles. The molecule has 0 bridgehead atoms. The number of ether oxygens (including phenoxy) is 2. The van der Waals surface area contributed by atoms with Crippen LogP contribution in [0.1, 0.15) is 34.9 Å². The fourth-order valence-electron chi connectivity index (χ4n) is 1.57. The van der Waals surface area contributed by atoms with Crippen molar-refractivity contribution in [2.45, 2.75) is 19.4 Å². The summed E-state index contributed by atoms with van der Waals surface area (Å²) >= 11 is 1.38. The quantitative estimate of drug-likeness (QED) is 0.823. The van der Waals surface area contributed by atoms with Crippen molar-refractivity contribution in [3.63, 3.8) is 0 Å². The lowest BCUT2D eigenvalue weighted by atomic mass is 10.1. The highest BCUT2D eigenvalue weighted by Gasteiger charge is 2.19. The molecule has 0 spiro atoms. The predicted octanol–water partition coefficient (Wildman–Crippen LogP) is 1.36. The molecule has 0 saturated carbocycles. The zero-order valence-corrected chi connectivity index (χ0v) is 10.5. The van der Waals surface area contributed by atoms with Crippen molar-refractivity contribution >= 4 is 17.3 Å². The van der Waals surface area contributed by atoms with E-state index in [1.54, 1.807) is 5.38 Å². The average Bonchev–Trinajstić information content (AvgIpc) is 2.96. The smallest absolute Gasteiger partial charge is 0.357 e. The Bertz CT molecular complexity index is 386. The molecule has 1 fully saturated rings. The molecule has 0 amide bonds. The molecule has 2 rings (SSSR count). The highest BCUT2D eigenvalue weighted by molar-refractivity contribution is 7.09. The zero-order chi connectivity index (χ0) is 12.3. The van der Waals surface area contributed by atoms with Gasteiger partial charge in [0.1, 0.15) is 5.01 Å². The van der Waals surface area contributed by atoms with Gasteiger partial charge >= 0.3 is 5.97 Å². The van der Waals surface area contributed by atoms with Crippen molar-refractivity contribution in [3.8, 4) is 0 Å². The van der Waals surface area contributed by atoms with Gasteiger partial charge in [-0.15, -0.1) is 11.3 Å². The molecular formula is C11H16N2O3S. The Labute approximate surface area is 104 Å². The van der Waals surface area contributed by atoms with E-state index in [9.17, 15) is 4.79 Å². The van der Waals surface area contributed by atoms with Crippen molar-refractivity contribution in [3.05, 3.63) is 16.1 Å². The fourth-order valence-corrected chi connectivity index (χ4v) is 2.32. The summed E-state index contributed by atoms with van der Waals surface area (Å²) in [6, 6.07) is -0.148. The van der Waals surface area contributed by atoms with Gasteiger partial charge in [0.2, 0.25) is 0 Å². The van der Waals surface area contributed by atoms with E-state index < -0.39 is 0 Å². The minimum Gasteiger partial charge on any atom is -0.461 e. The standard InChI is InChI=1S/C11H16N2O3S/c1-7(12)10-13-9(6-17-10)11(14)16-5-8-2-3-15-4-8/h6-8H,2-5,12H2,1H3. The van der Waals surface area contributed by atoms with Gasteiger partial charge in [0.25, 0.3) is 0 Å². The number of hydrogen-bond donors (Lipinski definition) is 1. The van der Waals surface area contributed by atoms with Crippen LogP contribution in [0.4, 0.5) is 0 Å². The Kier molecular flexibility index (Phi) is 4.09. The van der Waals surface area contributed by atoms with Crippen LogP contribution in [0.3, 0.4) is 0 Å². The van der Waals surface area contributed by atoms with Crippen LogP contribution in [0, 0.1) is 5.92 Å². The lowest BCUT2D eigenvalue weighted by molar-refractivity contribution is 0.0422. The molecule has 94 valence electrons. The van der Waals surface area contributed by atoms with Gasteiger partial charge < -0.3 is 15.2 Å². The van der Waals surface area contributed by atoms with E-state index in [1.165, 1.54) is 11.3 Å². The van der Waals surface area contributed by atoms with E-state index in [2.05, 4.69) is 4.98 Å². The number of carbonyl (C=O) groups is 1. The topological polar surface area (TPSA) is 74.4 Å². The van der Waals surface area contributed by atoms with Crippen molar-refractivity contribution in [1.82, 2.24) is 4.98 Å². The van der Waals surface area contributed by atoms with Crippen LogP contribution in [0.2, 0.25) is 0 Å². The maximum absolute atomic E-state index is 11.7. The molecule has 6 heteroatoms. The Morgan fingerprint density at radius 2 is 2.65 bits per heavy atom. The second kappa shape index (κ2) is 5.57. The Hall–Kier alpha value is -0.980. The second-order valence-corrected chi connectivity index (χ2v) is 5.08. The van der Waals surface area contributed by atoms with Gasteiger partial charge in [-0.05, 0) is 13.3 Å². The maximum Gasteiger partial charge on any atom is 0.357 e. The number of carbonyl (C=O) groups excluding carboxylic acids is 1. The van der Waals surface area contributed by atoms with E-state index in [0.717, 1.165) is 18.0 Å². The molecule has 2 atom stereocenters. The Morgan fingerprint density at radius 1 is 1.82 bits per heavy atom. The van der Waals surface area contributed by atoms with Gasteiger partial charge in [-0.3, -0.25) is 0 Å². The third-order valence-corrected chi connectivity index (χ3v) is 3.64. The molecule has 2 unspecified atom stereocenters. The van der Waals surface area contributed by atoms with Crippen LogP contribution in [-0.2, 0) is 9.47 Å². The van der Waals surface area contributed by atoms with E-state index >= 15 is 0 Å². The Balaban J connectivity index is 1.85. The largest absolute Gasteiger partial charge is 0.461 e. The van der Waals surface area contributed by atoms with Crippen LogP contribution < -0.4 is 5.73 Å². The first-order valence-corrected chi connectivity index (χ1v) is 6.50. The SMILES string of the molecule is CC(N)c1nc(C(=O)OCC2CCOC2)cs1. The van der Waals surface area contributed by atoms with Crippen molar-refractivity contribution < 1.29 is 14.3 Å². The van der Waals surface area contributed by atoms with Gasteiger partial charge in [0.15, 0.2) is 5.69 Å². The maximum atomic E-state index is 11.7. The molecule has 2 heterocycles. The third kappa shape index (κ3) is 3.24. The monoisotopic (exact) mass is 256 g/mol. The first-order valence-electron chi connectivity index (χ1n) is 5.62. The van der Waals surface area contributed by atoms with Gasteiger partial charge in [0, 0.05) is 17.9 Å². The number of thiazole rings is 1. The van der Waals surface area contributed by atoms with Gasteiger partial charge in [-0.2, -0.15) is 0 Å². The molecule has 17 heavy (non-hydrogen) atoms. The number of hydrogen-bond acceptors (Lipinski definition) is 6. The summed E-state index contributed by atoms with van der Waals surface area (Å²) in [6.07, 6.45) is 0.954. The molecule has 1 saturated heterocycles. The molecule has 1 aliphatic rings. The number of rotatable bonds is 4. The highest BCUT2D eigenvalue weighted by Crippen LogP contribution is 2.17. The molecule has 1 aromatic rings. The first-order chi connectivity index (χ1) is 8.16. The molecule has 1 aromatic heterocycles. The Morgan fingerprint density at radius 3 is 3.24 bits per heavy atom. The van der Waals surface area contributed by atoms with Crippen molar-refractivity contribution in [1.29, 1.82) is 0 Å². The minimum absolute atomic E-state index is 0.148. The molecule has 0 aromatic carbocycles. The number of nitrogens with zero attached hydrogens (tertiary/aromatic N) is 1. The van der Waals surface area contributed by atoms with Crippen molar-refractivity contribution in [2.75, 3.05) is 19.8 Å². The summed E-state index contributed by atoms with van der Waals surface area (Å²) in [7, 11) is 0. The number of aromatic nitrogens is 1. The van der Waals surface area contributed by atoms with Crippen molar-refractivity contribution in [2.24, 2.45) is 11.7 Å². The van der Waals surface area contributed by atoms with Crippen LogP contribution in [0.5, 0.6) is 0 Å². The van der Waals surface area contributed by atoms with E-state index in [4.69, 9.17) is 15.2 Å². The number of esters is 1. The first kappa shape index (κ1) is 12.5. The predicted molar refractivity (Wildman–Crippen MR) is 63.9 cm³/mol. The fraction of sp³-hybridized carbons (Fsp3) is 0.636. The lowest BCUT2D eigenvalue weighted by Crippen LogP contribution is -2.15. The summed E-state index contributed by atoms with van der Waals surface area (Å²) in [4.78, 5) is 15.8. The lowest BCUT2D eigenvalue weighted by Gasteiger charge is -2.07. The molecule has 2 N–H and O–H groups in total. The molecule has 0 radical (unpaired) electrons. The molecule has 5 nitrogen and oxygen atoms in total. The minimum atomic E-state index is -0.375. The molecule has 1 aliphatic heterocycles. The van der Waals surface area contributed by atoms with Crippen LogP contribution in [0.25, 0.3) is 0 Å². The van der Waals surface area contributed by atoms with Crippen LogP contribution in [0.15, 0.2) is 5.38 Å². The van der Waals surface area contributed by atoms with E-state index in [0.29, 0.717) is 24.8 Å². The zero-order valence-electron chi connectivity index (χ0n) is 9.72. The van der Waals surface area contributed by atoms with Gasteiger partial charge in [0.05, 0.1) is 19.3 Å². The third-order valence-electron chi connectivity index (χ3n) is 2.59. The summed E-state index contributed by atoms with van der Waals surface area (Å²) in [5.41, 5.74) is 6.03. The summed E-state index contributed by atoms with van der Waals surface area (Å²) in [5.74, 6) is -0.0504.